The molecule has 0 amide bonds. The van der Waals surface area contributed by atoms with Crippen LogP contribution < -0.4 is 0 Å². The van der Waals surface area contributed by atoms with Crippen molar-refractivity contribution < 1.29 is 4.42 Å². The molecular formula is C45H30N4O. The molecule has 0 bridgehead atoms. The fourth-order valence-electron chi connectivity index (χ4n) is 7.42. The number of hydrogen-bond acceptors (Lipinski definition) is 4. The van der Waals surface area contributed by atoms with Crippen LogP contribution in [0.25, 0.3) is 89.9 Å². The summed E-state index contributed by atoms with van der Waals surface area (Å²) >= 11 is 0. The molecule has 1 aliphatic rings. The summed E-state index contributed by atoms with van der Waals surface area (Å²) in [6, 6.07) is 50.2. The molecule has 1 aliphatic carbocycles. The number of rotatable bonds is 5. The minimum atomic E-state index is 0.604. The van der Waals surface area contributed by atoms with Crippen LogP contribution in [0, 0.1) is 0 Å². The van der Waals surface area contributed by atoms with Crippen LogP contribution in [0.3, 0.4) is 0 Å². The van der Waals surface area contributed by atoms with E-state index in [2.05, 4.69) is 114 Å². The Morgan fingerprint density at radius 3 is 2.08 bits per heavy atom. The second-order valence-corrected chi connectivity index (χ2v) is 12.7. The summed E-state index contributed by atoms with van der Waals surface area (Å²) in [5.41, 5.74) is 11.6. The fraction of sp³-hybridized carbons (Fsp3) is 0.0444. The molecule has 50 heavy (non-hydrogen) atoms. The molecule has 0 unspecified atom stereocenters. The Hall–Kier alpha value is -6.59. The fourth-order valence-corrected chi connectivity index (χ4v) is 7.42. The molecule has 0 spiro atoms. The molecule has 3 heterocycles. The van der Waals surface area contributed by atoms with Crippen LogP contribution in [0.5, 0.6) is 0 Å². The molecule has 0 radical (unpaired) electrons. The highest BCUT2D eigenvalue weighted by Gasteiger charge is 2.21. The highest BCUT2D eigenvalue weighted by molar-refractivity contribution is 6.12. The largest absolute Gasteiger partial charge is 0.456 e. The summed E-state index contributed by atoms with van der Waals surface area (Å²) in [4.78, 5) is 15.2. The van der Waals surface area contributed by atoms with Gasteiger partial charge in [0.25, 0.3) is 0 Å². The lowest BCUT2D eigenvalue weighted by Crippen LogP contribution is -2.00. The molecule has 3 aromatic heterocycles. The minimum absolute atomic E-state index is 0.604. The molecule has 9 aromatic rings. The molecule has 0 saturated carbocycles. The zero-order valence-corrected chi connectivity index (χ0v) is 27.1. The normalized spacial score (nSPS) is 12.6. The zero-order chi connectivity index (χ0) is 33.0. The van der Waals surface area contributed by atoms with Crippen molar-refractivity contribution >= 4 is 38.9 Å². The molecule has 10 rings (SSSR count). The summed E-state index contributed by atoms with van der Waals surface area (Å²) < 4.78 is 8.96. The first-order valence-corrected chi connectivity index (χ1v) is 17.0. The molecule has 236 valence electrons. The average molecular weight is 643 g/mol. The number of furan rings is 1. The summed E-state index contributed by atoms with van der Waals surface area (Å²) in [5, 5.41) is 3.32. The van der Waals surface area contributed by atoms with Gasteiger partial charge >= 0.3 is 0 Å². The Bertz CT molecular complexity index is 2760. The van der Waals surface area contributed by atoms with Crippen LogP contribution in [0.15, 0.2) is 156 Å². The second kappa shape index (κ2) is 11.5. The third kappa shape index (κ3) is 4.66. The Kier molecular flexibility index (Phi) is 6.56. The molecule has 0 aliphatic heterocycles. The van der Waals surface area contributed by atoms with Crippen LogP contribution in [0.1, 0.15) is 17.7 Å². The first-order chi connectivity index (χ1) is 24.8. The van der Waals surface area contributed by atoms with Gasteiger partial charge in [0.2, 0.25) is 0 Å². The van der Waals surface area contributed by atoms with Crippen LogP contribution >= 0.6 is 0 Å². The van der Waals surface area contributed by atoms with E-state index < -0.39 is 0 Å². The van der Waals surface area contributed by atoms with Crippen LogP contribution in [0.2, 0.25) is 0 Å². The van der Waals surface area contributed by atoms with Gasteiger partial charge in [-0.05, 0) is 65.9 Å². The van der Waals surface area contributed by atoms with Crippen LogP contribution in [-0.2, 0) is 6.42 Å². The maximum Gasteiger partial charge on any atom is 0.164 e. The Morgan fingerprint density at radius 2 is 1.22 bits per heavy atom. The van der Waals surface area contributed by atoms with Crippen molar-refractivity contribution in [2.75, 3.05) is 0 Å². The molecule has 0 saturated heterocycles. The Balaban J connectivity index is 1.15. The van der Waals surface area contributed by atoms with Gasteiger partial charge in [0.05, 0.1) is 5.52 Å². The van der Waals surface area contributed by atoms with Crippen molar-refractivity contribution in [1.82, 2.24) is 19.5 Å². The van der Waals surface area contributed by atoms with Crippen molar-refractivity contribution in [2.45, 2.75) is 12.8 Å². The highest BCUT2D eigenvalue weighted by Crippen LogP contribution is 2.39. The zero-order valence-electron chi connectivity index (χ0n) is 27.1. The molecule has 0 N–H and O–H groups in total. The lowest BCUT2D eigenvalue weighted by Gasteiger charge is -2.12. The minimum Gasteiger partial charge on any atom is -0.456 e. The second-order valence-electron chi connectivity index (χ2n) is 12.7. The molecule has 5 heteroatoms. The topological polar surface area (TPSA) is 56.7 Å². The maximum atomic E-state index is 6.60. The average Bonchev–Trinajstić information content (AvgIpc) is 3.74. The number of nitrogens with zero attached hydrogens (tertiary/aromatic N) is 4. The molecular weight excluding hydrogens is 613 g/mol. The van der Waals surface area contributed by atoms with Gasteiger partial charge in [-0.25, -0.2) is 15.0 Å². The quantitative estimate of drug-likeness (QED) is 0.187. The van der Waals surface area contributed by atoms with Crippen molar-refractivity contribution in [3.05, 3.63) is 163 Å². The van der Waals surface area contributed by atoms with E-state index in [0.717, 1.165) is 68.3 Å². The summed E-state index contributed by atoms with van der Waals surface area (Å²) in [7, 11) is 0. The van der Waals surface area contributed by atoms with Crippen molar-refractivity contribution in [3.8, 4) is 51.0 Å². The van der Waals surface area contributed by atoms with E-state index >= 15 is 0 Å². The number of aryl methyl sites for hydroxylation is 1. The number of benzene rings is 6. The maximum absolute atomic E-state index is 6.60. The lowest BCUT2D eigenvalue weighted by atomic mass is 10.0. The van der Waals surface area contributed by atoms with E-state index in [4.69, 9.17) is 19.4 Å². The number of para-hydroxylation sites is 1. The SMILES string of the molecule is C1=Cc2c(c3ccccc3n2-c2ccc3c(c2)oc2cccc(-c4nc(-c5ccccc5)nc(-c5cccc(-c6ccccc6)c5)n4)c23)CC1. The van der Waals surface area contributed by atoms with Gasteiger partial charge in [0.1, 0.15) is 11.2 Å². The van der Waals surface area contributed by atoms with Gasteiger partial charge in [-0.3, -0.25) is 0 Å². The summed E-state index contributed by atoms with van der Waals surface area (Å²) in [6.07, 6.45) is 6.65. The van der Waals surface area contributed by atoms with E-state index in [0.29, 0.717) is 17.5 Å². The third-order valence-electron chi connectivity index (χ3n) is 9.73. The number of allylic oxidation sites excluding steroid dienone is 1. The van der Waals surface area contributed by atoms with E-state index in [9.17, 15) is 0 Å². The first-order valence-electron chi connectivity index (χ1n) is 17.0. The van der Waals surface area contributed by atoms with Gasteiger partial charge in [-0.2, -0.15) is 0 Å². The monoisotopic (exact) mass is 642 g/mol. The van der Waals surface area contributed by atoms with Crippen molar-refractivity contribution in [2.24, 2.45) is 0 Å². The molecule has 0 atom stereocenters. The first kappa shape index (κ1) is 28.4. The van der Waals surface area contributed by atoms with Gasteiger partial charge in [0.15, 0.2) is 17.5 Å². The van der Waals surface area contributed by atoms with E-state index in [-0.39, 0.29) is 0 Å². The number of aromatic nitrogens is 4. The Labute approximate surface area is 288 Å². The van der Waals surface area contributed by atoms with Crippen LogP contribution in [0.4, 0.5) is 0 Å². The smallest absolute Gasteiger partial charge is 0.164 e. The third-order valence-corrected chi connectivity index (χ3v) is 9.73. The molecule has 0 fully saturated rings. The van der Waals surface area contributed by atoms with Gasteiger partial charge in [-0.15, -0.1) is 0 Å². The molecule has 5 nitrogen and oxygen atoms in total. The number of fused-ring (bicyclic) bond motifs is 6. The van der Waals surface area contributed by atoms with E-state index in [1.165, 1.54) is 22.2 Å². The van der Waals surface area contributed by atoms with Gasteiger partial charge < -0.3 is 8.98 Å². The molecule has 6 aromatic carbocycles. The standard InChI is InChI=1S/C45H30N4O/c1-3-13-29(14-4-1)31-17-11-18-32(27-31)44-46-43(30-15-5-2-6-16-30)47-45(48-44)37-21-12-24-40-42(37)36-26-25-33(28-41(36)50-40)49-38-22-9-7-19-34(38)35-20-8-10-23-39(35)49/h1-7,9-19,21-28H,8,20H2. The van der Waals surface area contributed by atoms with Crippen molar-refractivity contribution in [3.63, 3.8) is 0 Å². The predicted octanol–water partition coefficient (Wildman–Crippen LogP) is 11.3. The lowest BCUT2D eigenvalue weighted by molar-refractivity contribution is 0.668. The van der Waals surface area contributed by atoms with E-state index in [1.807, 2.05) is 48.5 Å². The van der Waals surface area contributed by atoms with E-state index in [1.54, 1.807) is 0 Å². The summed E-state index contributed by atoms with van der Waals surface area (Å²) in [6.45, 7) is 0. The summed E-state index contributed by atoms with van der Waals surface area (Å²) in [5.74, 6) is 1.85. The van der Waals surface area contributed by atoms with Crippen LogP contribution in [-0.4, -0.2) is 19.5 Å². The van der Waals surface area contributed by atoms with Gasteiger partial charge in [-0.1, -0.05) is 115 Å². The Morgan fingerprint density at radius 1 is 0.520 bits per heavy atom. The number of hydrogen-bond donors (Lipinski definition) is 0. The van der Waals surface area contributed by atoms with Gasteiger partial charge in [0, 0.05) is 50.3 Å². The predicted molar refractivity (Wildman–Crippen MR) is 203 cm³/mol. The highest BCUT2D eigenvalue weighted by atomic mass is 16.3. The van der Waals surface area contributed by atoms with Crippen molar-refractivity contribution in [1.29, 1.82) is 0 Å².